The van der Waals surface area contributed by atoms with Gasteiger partial charge in [0.2, 0.25) is 5.91 Å². The molecule has 2 heterocycles. The van der Waals surface area contributed by atoms with Crippen molar-refractivity contribution in [3.05, 3.63) is 29.8 Å². The molecule has 0 aliphatic carbocycles. The third-order valence-corrected chi connectivity index (χ3v) is 5.15. The lowest BCUT2D eigenvalue weighted by Gasteiger charge is -2.42. The summed E-state index contributed by atoms with van der Waals surface area (Å²) in [5.74, 6) is -1.60. The summed E-state index contributed by atoms with van der Waals surface area (Å²) >= 11 is 0. The summed E-state index contributed by atoms with van der Waals surface area (Å²) in [5, 5.41) is 12.0. The first-order valence-electron chi connectivity index (χ1n) is 8.59. The molecule has 3 rings (SSSR count). The fourth-order valence-corrected chi connectivity index (χ4v) is 3.36. The van der Waals surface area contributed by atoms with Crippen molar-refractivity contribution in [3.8, 4) is 0 Å². The molecule has 134 valence electrons. The Morgan fingerprint density at radius 2 is 2.00 bits per heavy atom. The van der Waals surface area contributed by atoms with E-state index < -0.39 is 17.9 Å². The highest BCUT2D eigenvalue weighted by atomic mass is 16.4. The van der Waals surface area contributed by atoms with Crippen LogP contribution in [0.1, 0.15) is 25.8 Å². The van der Waals surface area contributed by atoms with E-state index in [0.717, 1.165) is 17.7 Å². The van der Waals surface area contributed by atoms with Crippen LogP contribution in [0.4, 0.5) is 10.5 Å². The maximum atomic E-state index is 13.0. The molecular formula is C18H23N3O4. The maximum absolute atomic E-state index is 13.0. The quantitative estimate of drug-likeness (QED) is 0.877. The van der Waals surface area contributed by atoms with Crippen molar-refractivity contribution >= 4 is 23.6 Å². The van der Waals surface area contributed by atoms with Gasteiger partial charge in [-0.05, 0) is 17.5 Å². The topological polar surface area (TPSA) is 90.0 Å². The lowest BCUT2D eigenvalue weighted by Crippen LogP contribution is -2.60. The minimum Gasteiger partial charge on any atom is -0.481 e. The van der Waals surface area contributed by atoms with Gasteiger partial charge in [0, 0.05) is 18.8 Å². The van der Waals surface area contributed by atoms with Crippen LogP contribution in [0.2, 0.25) is 0 Å². The van der Waals surface area contributed by atoms with Crippen LogP contribution >= 0.6 is 0 Å². The number of nitrogens with one attached hydrogen (secondary N) is 1. The zero-order valence-electron chi connectivity index (χ0n) is 14.4. The van der Waals surface area contributed by atoms with Gasteiger partial charge >= 0.3 is 12.0 Å². The third kappa shape index (κ3) is 3.18. The number of hydrogen-bond acceptors (Lipinski definition) is 3. The molecule has 0 bridgehead atoms. The molecule has 0 saturated carbocycles. The zero-order valence-corrected chi connectivity index (χ0v) is 14.4. The van der Waals surface area contributed by atoms with Crippen molar-refractivity contribution in [1.29, 1.82) is 0 Å². The molecule has 2 aliphatic heterocycles. The lowest BCUT2D eigenvalue weighted by atomic mass is 9.96. The van der Waals surface area contributed by atoms with Crippen LogP contribution in [0.5, 0.6) is 0 Å². The molecule has 3 amide bonds. The summed E-state index contributed by atoms with van der Waals surface area (Å²) < 4.78 is 0. The molecule has 0 radical (unpaired) electrons. The number of aliphatic carboxylic acids is 1. The number of carboxylic acids is 1. The van der Waals surface area contributed by atoms with Gasteiger partial charge in [0.25, 0.3) is 0 Å². The first kappa shape index (κ1) is 17.3. The number of nitrogens with zero attached hydrogens (tertiary/aromatic N) is 2. The molecule has 1 aromatic carbocycles. The number of rotatable bonds is 3. The number of amides is 3. The van der Waals surface area contributed by atoms with Crippen LogP contribution in [-0.4, -0.2) is 51.9 Å². The van der Waals surface area contributed by atoms with Gasteiger partial charge < -0.3 is 20.2 Å². The summed E-state index contributed by atoms with van der Waals surface area (Å²) in [7, 11) is 0. The highest BCUT2D eigenvalue weighted by molar-refractivity contribution is 5.99. The highest BCUT2D eigenvalue weighted by Crippen LogP contribution is 2.29. The Morgan fingerprint density at radius 3 is 2.64 bits per heavy atom. The fourth-order valence-electron chi connectivity index (χ4n) is 3.36. The van der Waals surface area contributed by atoms with Gasteiger partial charge in [0.05, 0.1) is 12.5 Å². The number of fused-ring (bicyclic) bond motifs is 1. The average molecular weight is 345 g/mol. The van der Waals surface area contributed by atoms with E-state index in [1.807, 2.05) is 38.1 Å². The van der Waals surface area contributed by atoms with Gasteiger partial charge in [-0.15, -0.1) is 0 Å². The number of carbonyl (C=O) groups is 3. The molecular weight excluding hydrogens is 322 g/mol. The second kappa shape index (κ2) is 6.74. The van der Waals surface area contributed by atoms with Gasteiger partial charge in [-0.1, -0.05) is 38.5 Å². The van der Waals surface area contributed by atoms with Crippen LogP contribution in [0.15, 0.2) is 24.3 Å². The monoisotopic (exact) mass is 345 g/mol. The summed E-state index contributed by atoms with van der Waals surface area (Å²) in [5.41, 5.74) is 1.61. The van der Waals surface area contributed by atoms with Crippen LogP contribution in [0.3, 0.4) is 0 Å². The van der Waals surface area contributed by atoms with E-state index in [4.69, 9.17) is 5.11 Å². The Hall–Kier alpha value is -2.57. The normalized spacial score (nSPS) is 21.7. The first-order valence-corrected chi connectivity index (χ1v) is 8.59. The number of carboxylic acid groups (broad SMARTS) is 1. The van der Waals surface area contributed by atoms with Crippen molar-refractivity contribution in [2.45, 2.75) is 32.9 Å². The van der Waals surface area contributed by atoms with E-state index in [2.05, 4.69) is 5.32 Å². The molecule has 0 aromatic heterocycles. The van der Waals surface area contributed by atoms with Gasteiger partial charge in [-0.25, -0.2) is 4.79 Å². The van der Waals surface area contributed by atoms with Crippen molar-refractivity contribution in [2.75, 3.05) is 18.4 Å². The molecule has 0 spiro atoms. The Kier molecular flexibility index (Phi) is 4.65. The standard InChI is InChI=1S/C18H23N3O4/c1-3-11(2)15-16(22)19-14-7-5-4-6-12(14)10-21(15)18(25)20-8-13(9-20)17(23)24/h4-7,11,13,15H,3,8-10H2,1-2H3,(H,19,22)(H,23,24)/t11-,15-/m0/s1. The predicted octanol–water partition coefficient (Wildman–Crippen LogP) is 1.99. The summed E-state index contributed by atoms with van der Waals surface area (Å²) in [6.07, 6.45) is 0.760. The Morgan fingerprint density at radius 1 is 1.32 bits per heavy atom. The van der Waals surface area contributed by atoms with E-state index in [1.165, 1.54) is 4.90 Å². The number of urea groups is 1. The molecule has 1 saturated heterocycles. The van der Waals surface area contributed by atoms with Gasteiger partial charge in [0.15, 0.2) is 0 Å². The predicted molar refractivity (Wildman–Crippen MR) is 92.0 cm³/mol. The molecule has 7 nitrogen and oxygen atoms in total. The van der Waals surface area contributed by atoms with Crippen LogP contribution in [-0.2, 0) is 16.1 Å². The minimum absolute atomic E-state index is 0.00481. The molecule has 1 fully saturated rings. The van der Waals surface area contributed by atoms with E-state index in [-0.39, 0.29) is 30.9 Å². The van der Waals surface area contributed by atoms with E-state index >= 15 is 0 Å². The molecule has 2 aliphatic rings. The Bertz CT molecular complexity index is 699. The number of likely N-dealkylation sites (tertiary alicyclic amines) is 1. The summed E-state index contributed by atoms with van der Waals surface area (Å²) in [4.78, 5) is 39.8. The SMILES string of the molecule is CC[C@H](C)[C@H]1C(=O)Nc2ccccc2CN1C(=O)N1CC(C(=O)O)C1. The fraction of sp³-hybridized carbons (Fsp3) is 0.500. The summed E-state index contributed by atoms with van der Waals surface area (Å²) in [6.45, 7) is 4.67. The molecule has 0 unspecified atom stereocenters. The van der Waals surface area contributed by atoms with Crippen molar-refractivity contribution in [1.82, 2.24) is 9.80 Å². The minimum atomic E-state index is -0.888. The summed E-state index contributed by atoms with van der Waals surface area (Å²) in [6, 6.07) is 6.61. The van der Waals surface area contributed by atoms with Crippen LogP contribution in [0, 0.1) is 11.8 Å². The highest BCUT2D eigenvalue weighted by Gasteiger charge is 2.43. The van der Waals surface area contributed by atoms with E-state index in [0.29, 0.717) is 6.54 Å². The van der Waals surface area contributed by atoms with Crippen molar-refractivity contribution in [2.24, 2.45) is 11.8 Å². The van der Waals surface area contributed by atoms with Crippen molar-refractivity contribution in [3.63, 3.8) is 0 Å². The number of benzene rings is 1. The first-order chi connectivity index (χ1) is 11.9. The number of hydrogen-bond donors (Lipinski definition) is 2. The van der Waals surface area contributed by atoms with E-state index in [1.54, 1.807) is 4.90 Å². The van der Waals surface area contributed by atoms with Crippen LogP contribution < -0.4 is 5.32 Å². The zero-order chi connectivity index (χ0) is 18.1. The largest absolute Gasteiger partial charge is 0.481 e. The van der Waals surface area contributed by atoms with E-state index in [9.17, 15) is 14.4 Å². The van der Waals surface area contributed by atoms with Crippen LogP contribution in [0.25, 0.3) is 0 Å². The Labute approximate surface area is 146 Å². The van der Waals surface area contributed by atoms with Gasteiger partial charge in [-0.2, -0.15) is 0 Å². The molecule has 2 N–H and O–H groups in total. The molecule has 7 heteroatoms. The molecule has 2 atom stereocenters. The number of para-hydroxylation sites is 1. The van der Waals surface area contributed by atoms with Gasteiger partial charge in [-0.3, -0.25) is 9.59 Å². The Balaban J connectivity index is 1.88. The second-order valence-corrected chi connectivity index (χ2v) is 6.83. The maximum Gasteiger partial charge on any atom is 0.321 e. The lowest BCUT2D eigenvalue weighted by molar-refractivity contribution is -0.146. The second-order valence-electron chi connectivity index (χ2n) is 6.83. The average Bonchev–Trinajstić information content (AvgIpc) is 2.68. The molecule has 25 heavy (non-hydrogen) atoms. The third-order valence-electron chi connectivity index (χ3n) is 5.15. The number of anilines is 1. The number of carbonyl (C=O) groups excluding carboxylic acids is 2. The molecule has 1 aromatic rings. The van der Waals surface area contributed by atoms with Crippen molar-refractivity contribution < 1.29 is 19.5 Å². The van der Waals surface area contributed by atoms with Gasteiger partial charge in [0.1, 0.15) is 6.04 Å². The smallest absolute Gasteiger partial charge is 0.321 e.